The van der Waals surface area contributed by atoms with Crippen LogP contribution in [0.25, 0.3) is 0 Å². The maximum absolute atomic E-state index is 12.3. The van der Waals surface area contributed by atoms with Crippen molar-refractivity contribution in [1.29, 1.82) is 0 Å². The van der Waals surface area contributed by atoms with Crippen LogP contribution in [0.2, 0.25) is 0 Å². The lowest BCUT2D eigenvalue weighted by Crippen LogP contribution is -2.55. The Morgan fingerprint density at radius 3 is 2.75 bits per heavy atom. The Morgan fingerprint density at radius 1 is 1.25 bits per heavy atom. The normalized spacial score (nSPS) is 24.6. The summed E-state index contributed by atoms with van der Waals surface area (Å²) in [5.41, 5.74) is 0. The molecule has 1 N–H and O–H groups in total. The first kappa shape index (κ1) is 17.2. The first-order valence-corrected chi connectivity index (χ1v) is 7.46. The monoisotopic (exact) mass is 303 g/mol. The predicted octanol–water partition coefficient (Wildman–Crippen LogP) is 1.02. The number of carbonyl (C=O) groups excluding carboxylic acids is 2. The van der Waals surface area contributed by atoms with Gasteiger partial charge in [-0.2, -0.15) is 0 Å². The van der Waals surface area contributed by atoms with Gasteiger partial charge in [-0.25, -0.2) is 0 Å². The number of piperazine rings is 1. The molecular weight excluding hydrogens is 278 g/mol. The highest BCUT2D eigenvalue weighted by atomic mass is 35.5. The van der Waals surface area contributed by atoms with Gasteiger partial charge < -0.3 is 15.1 Å². The molecule has 0 bridgehead atoms. The summed E-state index contributed by atoms with van der Waals surface area (Å²) >= 11 is 0. The molecule has 20 heavy (non-hydrogen) atoms. The van der Waals surface area contributed by atoms with E-state index in [1.807, 2.05) is 4.90 Å². The Morgan fingerprint density at radius 2 is 2.00 bits per heavy atom. The Hall–Kier alpha value is -0.810. The summed E-state index contributed by atoms with van der Waals surface area (Å²) in [5.74, 6) is 0.249. The first-order valence-electron chi connectivity index (χ1n) is 7.46. The highest BCUT2D eigenvalue weighted by Crippen LogP contribution is 2.12. The molecule has 0 aliphatic carbocycles. The number of likely N-dealkylation sites (tertiary alicyclic amines) is 1. The second kappa shape index (κ2) is 8.47. The zero-order valence-electron chi connectivity index (χ0n) is 12.3. The van der Waals surface area contributed by atoms with Gasteiger partial charge in [0.05, 0.1) is 6.54 Å². The predicted molar refractivity (Wildman–Crippen MR) is 81.0 cm³/mol. The Bertz CT molecular complexity index is 338. The van der Waals surface area contributed by atoms with Crippen LogP contribution in [0.15, 0.2) is 0 Å². The van der Waals surface area contributed by atoms with Crippen LogP contribution in [0.1, 0.15) is 39.0 Å². The molecule has 2 rings (SSSR count). The molecule has 116 valence electrons. The summed E-state index contributed by atoms with van der Waals surface area (Å²) in [6.07, 6.45) is 4.90. The summed E-state index contributed by atoms with van der Waals surface area (Å²) in [5, 5.41) is 3.28. The van der Waals surface area contributed by atoms with E-state index in [0.29, 0.717) is 6.42 Å². The molecule has 1 atom stereocenters. The molecule has 0 unspecified atom stereocenters. The maximum atomic E-state index is 12.3. The standard InChI is InChI=1S/C14H25N3O2.ClH/c1-12-10-15-7-9-17(12)14(19)11-16-8-5-3-2-4-6-13(16)18;/h12,15H,2-11H2,1H3;1H/t12-;/m0./s1. The van der Waals surface area contributed by atoms with E-state index in [1.165, 1.54) is 6.42 Å². The molecule has 2 aliphatic rings. The molecular formula is C14H26ClN3O2. The molecule has 2 heterocycles. The van der Waals surface area contributed by atoms with E-state index in [-0.39, 0.29) is 36.8 Å². The number of hydrogen-bond acceptors (Lipinski definition) is 3. The van der Waals surface area contributed by atoms with Gasteiger partial charge in [0, 0.05) is 38.6 Å². The number of halogens is 1. The fraction of sp³-hybridized carbons (Fsp3) is 0.857. The molecule has 0 aromatic rings. The number of carbonyl (C=O) groups is 2. The van der Waals surface area contributed by atoms with E-state index < -0.39 is 0 Å². The van der Waals surface area contributed by atoms with E-state index >= 15 is 0 Å². The van der Waals surface area contributed by atoms with E-state index in [9.17, 15) is 9.59 Å². The van der Waals surface area contributed by atoms with Crippen molar-refractivity contribution in [1.82, 2.24) is 15.1 Å². The van der Waals surface area contributed by atoms with Crippen molar-refractivity contribution >= 4 is 24.2 Å². The van der Waals surface area contributed by atoms with Crippen LogP contribution in [0.3, 0.4) is 0 Å². The van der Waals surface area contributed by atoms with Crippen molar-refractivity contribution in [3.8, 4) is 0 Å². The van der Waals surface area contributed by atoms with Gasteiger partial charge in [0.15, 0.2) is 0 Å². The fourth-order valence-corrected chi connectivity index (χ4v) is 2.85. The van der Waals surface area contributed by atoms with Gasteiger partial charge in [-0.1, -0.05) is 12.8 Å². The fourth-order valence-electron chi connectivity index (χ4n) is 2.85. The average Bonchev–Trinajstić information content (AvgIpc) is 2.39. The van der Waals surface area contributed by atoms with Gasteiger partial charge in [0.2, 0.25) is 11.8 Å². The number of nitrogens with one attached hydrogen (secondary N) is 1. The number of nitrogens with zero attached hydrogens (tertiary/aromatic N) is 2. The third kappa shape index (κ3) is 4.63. The van der Waals surface area contributed by atoms with Gasteiger partial charge in [-0.15, -0.1) is 12.4 Å². The number of amides is 2. The number of rotatable bonds is 2. The van der Waals surface area contributed by atoms with E-state index in [4.69, 9.17) is 0 Å². The molecule has 5 nitrogen and oxygen atoms in total. The van der Waals surface area contributed by atoms with Crippen molar-refractivity contribution in [3.63, 3.8) is 0 Å². The number of hydrogen-bond donors (Lipinski definition) is 1. The molecule has 0 saturated carbocycles. The summed E-state index contributed by atoms with van der Waals surface area (Å²) in [6, 6.07) is 0.228. The lowest BCUT2D eigenvalue weighted by Gasteiger charge is -2.35. The third-order valence-corrected chi connectivity index (χ3v) is 4.07. The zero-order chi connectivity index (χ0) is 13.7. The summed E-state index contributed by atoms with van der Waals surface area (Å²) in [7, 11) is 0. The highest BCUT2D eigenvalue weighted by Gasteiger charge is 2.26. The lowest BCUT2D eigenvalue weighted by molar-refractivity contribution is -0.142. The molecule has 2 aliphatic heterocycles. The first-order chi connectivity index (χ1) is 9.18. The van der Waals surface area contributed by atoms with Crippen molar-refractivity contribution < 1.29 is 9.59 Å². The minimum atomic E-state index is 0. The quantitative estimate of drug-likeness (QED) is 0.829. The smallest absolute Gasteiger partial charge is 0.242 e. The SMILES string of the molecule is C[C@H]1CNCCN1C(=O)CN1CCCCCCC1=O.Cl. The van der Waals surface area contributed by atoms with E-state index in [0.717, 1.165) is 45.4 Å². The summed E-state index contributed by atoms with van der Waals surface area (Å²) in [6.45, 7) is 5.51. The maximum Gasteiger partial charge on any atom is 0.242 e. The Balaban J connectivity index is 0.00000200. The highest BCUT2D eigenvalue weighted by molar-refractivity contribution is 5.85. The third-order valence-electron chi connectivity index (χ3n) is 4.07. The molecule has 0 spiro atoms. The molecule has 2 amide bonds. The lowest BCUT2D eigenvalue weighted by atomic mass is 10.1. The molecule has 0 aromatic heterocycles. The zero-order valence-corrected chi connectivity index (χ0v) is 13.1. The van der Waals surface area contributed by atoms with Crippen LogP contribution >= 0.6 is 12.4 Å². The second-order valence-corrected chi connectivity index (χ2v) is 5.62. The second-order valence-electron chi connectivity index (χ2n) is 5.62. The molecule has 0 radical (unpaired) electrons. The van der Waals surface area contributed by atoms with Crippen molar-refractivity contribution in [2.75, 3.05) is 32.7 Å². The minimum absolute atomic E-state index is 0. The van der Waals surface area contributed by atoms with Crippen LogP contribution in [-0.2, 0) is 9.59 Å². The van der Waals surface area contributed by atoms with Gasteiger partial charge >= 0.3 is 0 Å². The van der Waals surface area contributed by atoms with Crippen LogP contribution in [-0.4, -0.2) is 60.4 Å². The largest absolute Gasteiger partial charge is 0.336 e. The Kier molecular flexibility index (Phi) is 7.30. The van der Waals surface area contributed by atoms with E-state index in [1.54, 1.807) is 4.90 Å². The van der Waals surface area contributed by atoms with Crippen LogP contribution in [0.4, 0.5) is 0 Å². The molecule has 0 aromatic carbocycles. The van der Waals surface area contributed by atoms with Crippen LogP contribution in [0, 0.1) is 0 Å². The topological polar surface area (TPSA) is 52.7 Å². The molecule has 2 fully saturated rings. The van der Waals surface area contributed by atoms with Crippen LogP contribution < -0.4 is 5.32 Å². The van der Waals surface area contributed by atoms with E-state index in [2.05, 4.69) is 12.2 Å². The van der Waals surface area contributed by atoms with Gasteiger partial charge in [-0.3, -0.25) is 9.59 Å². The summed E-state index contributed by atoms with van der Waals surface area (Å²) in [4.78, 5) is 28.0. The van der Waals surface area contributed by atoms with Gasteiger partial charge in [0.1, 0.15) is 0 Å². The van der Waals surface area contributed by atoms with Crippen molar-refractivity contribution in [2.24, 2.45) is 0 Å². The Labute approximate surface area is 127 Å². The average molecular weight is 304 g/mol. The molecule has 6 heteroatoms. The van der Waals surface area contributed by atoms with Gasteiger partial charge in [-0.05, 0) is 19.8 Å². The van der Waals surface area contributed by atoms with Crippen molar-refractivity contribution in [3.05, 3.63) is 0 Å². The summed E-state index contributed by atoms with van der Waals surface area (Å²) < 4.78 is 0. The molecule has 2 saturated heterocycles. The van der Waals surface area contributed by atoms with Crippen molar-refractivity contribution in [2.45, 2.75) is 45.1 Å². The van der Waals surface area contributed by atoms with Crippen LogP contribution in [0.5, 0.6) is 0 Å². The minimum Gasteiger partial charge on any atom is -0.336 e. The van der Waals surface area contributed by atoms with Gasteiger partial charge in [0.25, 0.3) is 0 Å².